The minimum absolute atomic E-state index is 0.121. The smallest absolute Gasteiger partial charge is 0.225 e. The van der Waals surface area contributed by atoms with Gasteiger partial charge in [0.2, 0.25) is 5.91 Å². The zero-order valence-corrected chi connectivity index (χ0v) is 11.5. The van der Waals surface area contributed by atoms with Crippen LogP contribution < -0.4 is 15.8 Å². The maximum atomic E-state index is 11.4. The fourth-order valence-corrected chi connectivity index (χ4v) is 1.54. The number of hydrogen-bond acceptors (Lipinski definition) is 3. The van der Waals surface area contributed by atoms with Crippen LogP contribution in [0.4, 0.5) is 5.69 Å². The Morgan fingerprint density at radius 1 is 1.50 bits per heavy atom. The first-order valence-corrected chi connectivity index (χ1v) is 6.33. The lowest BCUT2D eigenvalue weighted by Crippen LogP contribution is -2.16. The Kier molecular flexibility index (Phi) is 5.95. The normalized spacial score (nSPS) is 10.5. The second-order valence-electron chi connectivity index (χ2n) is 4.44. The van der Waals surface area contributed by atoms with E-state index in [-0.39, 0.29) is 5.91 Å². The zero-order chi connectivity index (χ0) is 13.5. The van der Waals surface area contributed by atoms with Crippen LogP contribution in [0.3, 0.4) is 0 Å². The van der Waals surface area contributed by atoms with Crippen molar-refractivity contribution in [3.05, 3.63) is 23.2 Å². The number of benzene rings is 1. The van der Waals surface area contributed by atoms with E-state index < -0.39 is 0 Å². The van der Waals surface area contributed by atoms with Crippen LogP contribution in [-0.4, -0.2) is 19.1 Å². The lowest BCUT2D eigenvalue weighted by atomic mass is 10.2. The Morgan fingerprint density at radius 3 is 2.78 bits per heavy atom. The van der Waals surface area contributed by atoms with Crippen molar-refractivity contribution in [1.29, 1.82) is 0 Å². The Balaban J connectivity index is 2.64. The fraction of sp³-hybridized carbons (Fsp3) is 0.462. The van der Waals surface area contributed by atoms with E-state index in [1.807, 2.05) is 0 Å². The number of carbonyl (C=O) groups excluding carboxylic acids is 1. The van der Waals surface area contributed by atoms with E-state index in [2.05, 4.69) is 19.2 Å². The summed E-state index contributed by atoms with van der Waals surface area (Å²) in [5.41, 5.74) is 5.95. The van der Waals surface area contributed by atoms with E-state index in [1.165, 1.54) is 0 Å². The van der Waals surface area contributed by atoms with E-state index in [1.54, 1.807) is 18.2 Å². The van der Waals surface area contributed by atoms with Crippen molar-refractivity contribution < 1.29 is 9.53 Å². The number of amides is 1. The number of carbonyl (C=O) groups is 1. The third kappa shape index (κ3) is 4.94. The van der Waals surface area contributed by atoms with Crippen molar-refractivity contribution in [2.75, 3.05) is 18.5 Å². The van der Waals surface area contributed by atoms with Gasteiger partial charge in [0.05, 0.1) is 11.6 Å². The van der Waals surface area contributed by atoms with Gasteiger partial charge >= 0.3 is 0 Å². The summed E-state index contributed by atoms with van der Waals surface area (Å²) < 4.78 is 5.54. The number of nitrogens with one attached hydrogen (secondary N) is 1. The summed E-state index contributed by atoms with van der Waals surface area (Å²) in [5, 5.41) is 3.20. The van der Waals surface area contributed by atoms with Gasteiger partial charge in [-0.05, 0) is 24.1 Å². The maximum absolute atomic E-state index is 11.4. The molecule has 3 N–H and O–H groups in total. The number of anilines is 1. The summed E-state index contributed by atoms with van der Waals surface area (Å²) in [6.45, 7) is 5.07. The molecule has 0 aliphatic heterocycles. The van der Waals surface area contributed by atoms with Crippen LogP contribution in [-0.2, 0) is 4.79 Å². The molecule has 4 nitrogen and oxygen atoms in total. The van der Waals surface area contributed by atoms with Crippen LogP contribution in [0, 0.1) is 5.92 Å². The number of rotatable bonds is 6. The first-order chi connectivity index (χ1) is 8.52. The SMILES string of the molecule is CC(C)COc1ccc(NC(=O)CCN)cc1Cl. The average Bonchev–Trinajstić information content (AvgIpc) is 2.28. The molecule has 1 aromatic rings. The molecule has 0 bridgehead atoms. The van der Waals surface area contributed by atoms with Crippen molar-refractivity contribution in [2.45, 2.75) is 20.3 Å². The predicted octanol–water partition coefficient (Wildman–Crippen LogP) is 2.66. The quantitative estimate of drug-likeness (QED) is 0.835. The Bertz CT molecular complexity index is 408. The van der Waals surface area contributed by atoms with Gasteiger partial charge in [-0.3, -0.25) is 4.79 Å². The largest absolute Gasteiger partial charge is 0.492 e. The highest BCUT2D eigenvalue weighted by atomic mass is 35.5. The number of ether oxygens (including phenoxy) is 1. The molecule has 0 aliphatic carbocycles. The Morgan fingerprint density at radius 2 is 2.22 bits per heavy atom. The number of halogens is 1. The first-order valence-electron chi connectivity index (χ1n) is 5.95. The minimum atomic E-state index is -0.121. The van der Waals surface area contributed by atoms with Gasteiger partial charge < -0.3 is 15.8 Å². The van der Waals surface area contributed by atoms with Crippen LogP contribution in [0.15, 0.2) is 18.2 Å². The highest BCUT2D eigenvalue weighted by Gasteiger charge is 2.06. The molecule has 0 unspecified atom stereocenters. The highest BCUT2D eigenvalue weighted by molar-refractivity contribution is 6.32. The Hall–Kier alpha value is -1.26. The standard InChI is InChI=1S/C13H19ClN2O2/c1-9(2)8-18-12-4-3-10(7-11(12)14)16-13(17)5-6-15/h3-4,7,9H,5-6,8,15H2,1-2H3,(H,16,17). The molecule has 0 saturated carbocycles. The van der Waals surface area contributed by atoms with Crippen LogP contribution in [0.2, 0.25) is 5.02 Å². The summed E-state index contributed by atoms with van der Waals surface area (Å²) in [6.07, 6.45) is 0.295. The van der Waals surface area contributed by atoms with Gasteiger partial charge in [0.1, 0.15) is 5.75 Å². The number of hydrogen-bond donors (Lipinski definition) is 2. The lowest BCUT2D eigenvalue weighted by molar-refractivity contribution is -0.116. The van der Waals surface area contributed by atoms with Crippen LogP contribution >= 0.6 is 11.6 Å². The van der Waals surface area contributed by atoms with Gasteiger partial charge in [0.25, 0.3) is 0 Å². The molecular formula is C13H19ClN2O2. The molecule has 0 fully saturated rings. The molecule has 18 heavy (non-hydrogen) atoms. The molecule has 0 saturated heterocycles. The van der Waals surface area contributed by atoms with E-state index in [0.29, 0.717) is 41.9 Å². The third-order valence-electron chi connectivity index (χ3n) is 2.16. The Labute approximate surface area is 112 Å². The van der Waals surface area contributed by atoms with Crippen LogP contribution in [0.25, 0.3) is 0 Å². The first kappa shape index (κ1) is 14.8. The van der Waals surface area contributed by atoms with Crippen LogP contribution in [0.1, 0.15) is 20.3 Å². The summed E-state index contributed by atoms with van der Waals surface area (Å²) in [7, 11) is 0. The van der Waals surface area contributed by atoms with Gasteiger partial charge in [-0.15, -0.1) is 0 Å². The molecule has 0 radical (unpaired) electrons. The van der Waals surface area contributed by atoms with E-state index in [0.717, 1.165) is 0 Å². The predicted molar refractivity (Wildman–Crippen MR) is 74.1 cm³/mol. The average molecular weight is 271 g/mol. The molecule has 0 aliphatic rings. The molecule has 1 amide bonds. The topological polar surface area (TPSA) is 64.3 Å². The molecular weight excluding hydrogens is 252 g/mol. The zero-order valence-electron chi connectivity index (χ0n) is 10.7. The molecule has 0 spiro atoms. The van der Waals surface area contributed by atoms with E-state index in [9.17, 15) is 4.79 Å². The second-order valence-corrected chi connectivity index (χ2v) is 4.84. The van der Waals surface area contributed by atoms with Crippen molar-refractivity contribution >= 4 is 23.2 Å². The molecule has 0 atom stereocenters. The second kappa shape index (κ2) is 7.24. The van der Waals surface area contributed by atoms with Crippen molar-refractivity contribution in [1.82, 2.24) is 0 Å². The summed E-state index contributed by atoms with van der Waals surface area (Å²) in [6, 6.07) is 5.18. The van der Waals surface area contributed by atoms with E-state index >= 15 is 0 Å². The van der Waals surface area contributed by atoms with Gasteiger partial charge in [-0.1, -0.05) is 25.4 Å². The summed E-state index contributed by atoms with van der Waals surface area (Å²) in [4.78, 5) is 11.4. The van der Waals surface area contributed by atoms with Crippen LogP contribution in [0.5, 0.6) is 5.75 Å². The fourth-order valence-electron chi connectivity index (χ4n) is 1.31. The summed E-state index contributed by atoms with van der Waals surface area (Å²) >= 11 is 6.07. The molecule has 5 heteroatoms. The van der Waals surface area contributed by atoms with Gasteiger partial charge in [-0.25, -0.2) is 0 Å². The highest BCUT2D eigenvalue weighted by Crippen LogP contribution is 2.28. The molecule has 1 aromatic carbocycles. The lowest BCUT2D eigenvalue weighted by Gasteiger charge is -2.11. The third-order valence-corrected chi connectivity index (χ3v) is 2.45. The number of nitrogens with two attached hydrogens (primary N) is 1. The minimum Gasteiger partial charge on any atom is -0.492 e. The van der Waals surface area contributed by atoms with Crippen molar-refractivity contribution in [3.63, 3.8) is 0 Å². The monoisotopic (exact) mass is 270 g/mol. The van der Waals surface area contributed by atoms with E-state index in [4.69, 9.17) is 22.1 Å². The maximum Gasteiger partial charge on any atom is 0.225 e. The van der Waals surface area contributed by atoms with Gasteiger partial charge in [0.15, 0.2) is 0 Å². The molecule has 1 rings (SSSR count). The molecule has 0 heterocycles. The molecule has 0 aromatic heterocycles. The summed E-state index contributed by atoms with van der Waals surface area (Å²) in [5.74, 6) is 0.941. The van der Waals surface area contributed by atoms with Crippen molar-refractivity contribution in [3.8, 4) is 5.75 Å². The van der Waals surface area contributed by atoms with Crippen molar-refractivity contribution in [2.24, 2.45) is 11.7 Å². The molecule has 100 valence electrons. The van der Waals surface area contributed by atoms with Gasteiger partial charge in [0, 0.05) is 18.7 Å². The van der Waals surface area contributed by atoms with Gasteiger partial charge in [-0.2, -0.15) is 0 Å².